The lowest BCUT2D eigenvalue weighted by Gasteiger charge is -2.20. The third-order valence-corrected chi connectivity index (χ3v) is 7.21. The SMILES string of the molecule is C[C@@H]1CCCN1CCc1ccc(-c2ccc(S(=O)(=O)CC(=O)OC(C)(C)C)cc2)cc1. The molecule has 1 atom stereocenters. The largest absolute Gasteiger partial charge is 0.459 e. The van der Waals surface area contributed by atoms with E-state index in [1.165, 1.54) is 24.9 Å². The van der Waals surface area contributed by atoms with Gasteiger partial charge in [-0.3, -0.25) is 4.79 Å². The molecular weight excluding hydrogens is 410 g/mol. The summed E-state index contributed by atoms with van der Waals surface area (Å²) in [5.41, 5.74) is 2.57. The first kappa shape index (κ1) is 23.5. The van der Waals surface area contributed by atoms with Gasteiger partial charge in [-0.15, -0.1) is 0 Å². The molecular formula is C25H33NO4S. The molecule has 3 rings (SSSR count). The molecule has 0 aliphatic carbocycles. The van der Waals surface area contributed by atoms with E-state index in [1.807, 2.05) is 0 Å². The molecule has 0 aromatic heterocycles. The second-order valence-corrected chi connectivity index (χ2v) is 11.3. The lowest BCUT2D eigenvalue weighted by molar-refractivity contribution is -0.151. The topological polar surface area (TPSA) is 63.7 Å². The molecule has 1 aliphatic rings. The third-order valence-electron chi connectivity index (χ3n) is 5.61. The summed E-state index contributed by atoms with van der Waals surface area (Å²) in [5, 5.41) is 0. The van der Waals surface area contributed by atoms with E-state index in [4.69, 9.17) is 4.74 Å². The van der Waals surface area contributed by atoms with Crippen LogP contribution in [0.3, 0.4) is 0 Å². The van der Waals surface area contributed by atoms with Gasteiger partial charge in [0.25, 0.3) is 0 Å². The zero-order valence-electron chi connectivity index (χ0n) is 18.9. The van der Waals surface area contributed by atoms with Crippen LogP contribution in [0.5, 0.6) is 0 Å². The summed E-state index contributed by atoms with van der Waals surface area (Å²) in [6.45, 7) is 9.72. The van der Waals surface area contributed by atoms with Gasteiger partial charge in [0.05, 0.1) is 4.90 Å². The summed E-state index contributed by atoms with van der Waals surface area (Å²) >= 11 is 0. The van der Waals surface area contributed by atoms with Crippen LogP contribution in [0.25, 0.3) is 11.1 Å². The van der Waals surface area contributed by atoms with Gasteiger partial charge in [-0.25, -0.2) is 8.42 Å². The van der Waals surface area contributed by atoms with Crippen LogP contribution < -0.4 is 0 Å². The summed E-state index contributed by atoms with van der Waals surface area (Å²) < 4.78 is 30.2. The standard InChI is InChI=1S/C25H33NO4S/c1-19-6-5-16-26(19)17-15-20-7-9-21(10-8-20)22-11-13-23(14-12-22)31(28,29)18-24(27)30-25(2,3)4/h7-14,19H,5-6,15-18H2,1-4H3/t19-/m1/s1. The first-order valence-corrected chi connectivity index (χ1v) is 12.6. The maximum absolute atomic E-state index is 12.5. The normalized spacial score (nSPS) is 17.6. The van der Waals surface area contributed by atoms with Crippen molar-refractivity contribution < 1.29 is 17.9 Å². The molecule has 31 heavy (non-hydrogen) atoms. The number of esters is 1. The van der Waals surface area contributed by atoms with E-state index in [0.29, 0.717) is 6.04 Å². The third kappa shape index (κ3) is 6.65. The van der Waals surface area contributed by atoms with Gasteiger partial charge in [0.15, 0.2) is 15.6 Å². The van der Waals surface area contributed by atoms with Crippen LogP contribution in [0.2, 0.25) is 0 Å². The lowest BCUT2D eigenvalue weighted by atomic mass is 10.0. The Morgan fingerprint density at radius 3 is 2.13 bits per heavy atom. The first-order valence-electron chi connectivity index (χ1n) is 10.9. The van der Waals surface area contributed by atoms with Crippen molar-refractivity contribution in [1.82, 2.24) is 4.90 Å². The Balaban J connectivity index is 1.62. The van der Waals surface area contributed by atoms with E-state index in [1.54, 1.807) is 45.0 Å². The summed E-state index contributed by atoms with van der Waals surface area (Å²) in [6, 6.07) is 15.8. The fourth-order valence-electron chi connectivity index (χ4n) is 3.93. The molecule has 5 nitrogen and oxygen atoms in total. The van der Waals surface area contributed by atoms with Gasteiger partial charge in [0, 0.05) is 12.6 Å². The number of sulfone groups is 1. The molecule has 2 aromatic carbocycles. The highest BCUT2D eigenvalue weighted by atomic mass is 32.2. The van der Waals surface area contributed by atoms with Crippen LogP contribution in [-0.4, -0.2) is 49.8 Å². The predicted molar refractivity (Wildman–Crippen MR) is 124 cm³/mol. The average Bonchev–Trinajstić information content (AvgIpc) is 3.10. The highest BCUT2D eigenvalue weighted by molar-refractivity contribution is 7.92. The minimum atomic E-state index is -3.74. The molecule has 1 fully saturated rings. The van der Waals surface area contributed by atoms with Crippen molar-refractivity contribution in [3.05, 3.63) is 54.1 Å². The molecule has 1 saturated heterocycles. The molecule has 1 heterocycles. The molecule has 2 aromatic rings. The van der Waals surface area contributed by atoms with Gasteiger partial charge in [-0.05, 0) is 82.3 Å². The zero-order chi connectivity index (χ0) is 22.6. The Labute approximate surface area is 186 Å². The average molecular weight is 444 g/mol. The number of hydrogen-bond donors (Lipinski definition) is 0. The molecule has 1 aliphatic heterocycles. The predicted octanol–water partition coefficient (Wildman–Crippen LogP) is 4.50. The smallest absolute Gasteiger partial charge is 0.322 e. The van der Waals surface area contributed by atoms with Gasteiger partial charge in [0.2, 0.25) is 0 Å². The highest BCUT2D eigenvalue weighted by Crippen LogP contribution is 2.23. The number of likely N-dealkylation sites (tertiary alicyclic amines) is 1. The maximum atomic E-state index is 12.5. The quantitative estimate of drug-likeness (QED) is 0.590. The van der Waals surface area contributed by atoms with Crippen molar-refractivity contribution in [3.8, 4) is 11.1 Å². The summed E-state index contributed by atoms with van der Waals surface area (Å²) in [7, 11) is -3.74. The molecule has 0 N–H and O–H groups in total. The van der Waals surface area contributed by atoms with Crippen molar-refractivity contribution in [3.63, 3.8) is 0 Å². The zero-order valence-corrected chi connectivity index (χ0v) is 19.7. The monoisotopic (exact) mass is 443 g/mol. The van der Waals surface area contributed by atoms with Crippen molar-refractivity contribution in [2.24, 2.45) is 0 Å². The fourth-order valence-corrected chi connectivity index (χ4v) is 5.01. The van der Waals surface area contributed by atoms with Gasteiger partial charge < -0.3 is 9.64 Å². The molecule has 168 valence electrons. The van der Waals surface area contributed by atoms with Gasteiger partial charge in [0.1, 0.15) is 5.60 Å². The van der Waals surface area contributed by atoms with Crippen molar-refractivity contribution in [2.45, 2.75) is 63.5 Å². The Hall–Kier alpha value is -2.18. The van der Waals surface area contributed by atoms with Gasteiger partial charge in [-0.2, -0.15) is 0 Å². The van der Waals surface area contributed by atoms with Crippen molar-refractivity contribution in [2.75, 3.05) is 18.8 Å². The van der Waals surface area contributed by atoms with Crippen LogP contribution in [0.4, 0.5) is 0 Å². The molecule has 0 radical (unpaired) electrons. The molecule has 0 spiro atoms. The second kappa shape index (κ2) is 9.53. The summed E-state index contributed by atoms with van der Waals surface area (Å²) in [5.74, 6) is -1.40. The van der Waals surface area contributed by atoms with E-state index in [2.05, 4.69) is 36.1 Å². The summed E-state index contributed by atoms with van der Waals surface area (Å²) in [4.78, 5) is 14.6. The van der Waals surface area contributed by atoms with Crippen LogP contribution >= 0.6 is 0 Å². The minimum absolute atomic E-state index is 0.124. The van der Waals surface area contributed by atoms with Crippen molar-refractivity contribution in [1.29, 1.82) is 0 Å². The number of carbonyl (C=O) groups is 1. The minimum Gasteiger partial charge on any atom is -0.459 e. The Morgan fingerprint density at radius 2 is 1.61 bits per heavy atom. The first-order chi connectivity index (χ1) is 14.5. The van der Waals surface area contributed by atoms with Gasteiger partial charge in [-0.1, -0.05) is 36.4 Å². The van der Waals surface area contributed by atoms with E-state index < -0.39 is 27.2 Å². The summed E-state index contributed by atoms with van der Waals surface area (Å²) in [6.07, 6.45) is 3.62. The van der Waals surface area contributed by atoms with Crippen LogP contribution in [0, 0.1) is 0 Å². The Morgan fingerprint density at radius 1 is 1.03 bits per heavy atom. The van der Waals surface area contributed by atoms with Crippen LogP contribution in [0.15, 0.2) is 53.4 Å². The molecule has 6 heteroatoms. The van der Waals surface area contributed by atoms with Crippen molar-refractivity contribution >= 4 is 15.8 Å². The number of hydrogen-bond acceptors (Lipinski definition) is 5. The fraction of sp³-hybridized carbons (Fsp3) is 0.480. The highest BCUT2D eigenvalue weighted by Gasteiger charge is 2.24. The molecule has 0 saturated carbocycles. The second-order valence-electron chi connectivity index (χ2n) is 9.34. The number of rotatable bonds is 7. The van der Waals surface area contributed by atoms with E-state index in [9.17, 15) is 13.2 Å². The van der Waals surface area contributed by atoms with Gasteiger partial charge >= 0.3 is 5.97 Å². The van der Waals surface area contributed by atoms with E-state index in [-0.39, 0.29) is 4.90 Å². The van der Waals surface area contributed by atoms with E-state index in [0.717, 1.165) is 24.1 Å². The molecule has 0 bridgehead atoms. The van der Waals surface area contributed by atoms with E-state index >= 15 is 0 Å². The number of carbonyl (C=O) groups excluding carboxylic acids is 1. The lowest BCUT2D eigenvalue weighted by Crippen LogP contribution is -2.28. The number of benzene rings is 2. The van der Waals surface area contributed by atoms with Crippen LogP contribution in [-0.2, 0) is 25.8 Å². The number of nitrogens with zero attached hydrogens (tertiary/aromatic N) is 1. The Bertz CT molecular complexity index is 989. The molecule has 0 amide bonds. The van der Waals surface area contributed by atoms with Crippen LogP contribution in [0.1, 0.15) is 46.1 Å². The number of ether oxygens (including phenoxy) is 1. The molecule has 0 unspecified atom stereocenters. The Kier molecular flexibility index (Phi) is 7.22. The maximum Gasteiger partial charge on any atom is 0.322 e.